The Morgan fingerprint density at radius 1 is 1.12 bits per heavy atom. The molecular weight excluding hydrogens is 214 g/mol. The summed E-state index contributed by atoms with van der Waals surface area (Å²) in [5.41, 5.74) is 0.0272. The maximum Gasteiger partial charge on any atom is 0.0794 e. The summed E-state index contributed by atoms with van der Waals surface area (Å²) >= 11 is 0. The Morgan fingerprint density at radius 2 is 1.53 bits per heavy atom. The smallest absolute Gasteiger partial charge is 0.0794 e. The molecule has 0 aromatic carbocycles. The highest BCUT2D eigenvalue weighted by atomic mass is 16.3. The molecule has 0 atom stereocenters. The second-order valence-electron chi connectivity index (χ2n) is 7.13. The summed E-state index contributed by atoms with van der Waals surface area (Å²) in [6, 6.07) is 0. The number of aliphatic hydroxyl groups is 2. The van der Waals surface area contributed by atoms with Crippen LogP contribution in [0.25, 0.3) is 0 Å². The summed E-state index contributed by atoms with van der Waals surface area (Å²) in [4.78, 5) is 2.03. The SMILES string of the molecule is CN(C)CC1(O)CC(C)(C)C(=CO)C(C)(C)C1. The van der Waals surface area contributed by atoms with Gasteiger partial charge in [-0.1, -0.05) is 27.7 Å². The summed E-state index contributed by atoms with van der Waals surface area (Å²) in [6.45, 7) is 9.04. The van der Waals surface area contributed by atoms with E-state index in [1.165, 1.54) is 6.26 Å². The largest absolute Gasteiger partial charge is 0.516 e. The molecule has 3 heteroatoms. The molecule has 1 saturated carbocycles. The fourth-order valence-corrected chi connectivity index (χ4v) is 3.86. The molecule has 0 saturated heterocycles. The van der Waals surface area contributed by atoms with E-state index in [0.29, 0.717) is 19.4 Å². The lowest BCUT2D eigenvalue weighted by Gasteiger charge is -2.51. The van der Waals surface area contributed by atoms with E-state index >= 15 is 0 Å². The summed E-state index contributed by atoms with van der Waals surface area (Å²) in [7, 11) is 3.96. The van der Waals surface area contributed by atoms with Crippen molar-refractivity contribution in [2.45, 2.75) is 46.1 Å². The Morgan fingerprint density at radius 3 is 1.82 bits per heavy atom. The lowest BCUT2D eigenvalue weighted by Crippen LogP contribution is -2.52. The molecule has 1 rings (SSSR count). The lowest BCUT2D eigenvalue weighted by atomic mass is 9.56. The third kappa shape index (κ3) is 3.02. The summed E-state index contributed by atoms with van der Waals surface area (Å²) in [6.07, 6.45) is 2.62. The lowest BCUT2D eigenvalue weighted by molar-refractivity contribution is -0.0688. The van der Waals surface area contributed by atoms with E-state index in [4.69, 9.17) is 0 Å². The maximum absolute atomic E-state index is 10.8. The molecule has 0 amide bonds. The Kier molecular flexibility index (Phi) is 3.66. The molecule has 1 aliphatic rings. The van der Waals surface area contributed by atoms with Crippen LogP contribution in [-0.2, 0) is 0 Å². The first-order valence-corrected chi connectivity index (χ1v) is 6.25. The molecule has 3 nitrogen and oxygen atoms in total. The maximum atomic E-state index is 10.8. The molecular formula is C14H27NO2. The van der Waals surface area contributed by atoms with Crippen molar-refractivity contribution < 1.29 is 10.2 Å². The van der Waals surface area contributed by atoms with Crippen molar-refractivity contribution in [3.63, 3.8) is 0 Å². The number of hydrogen-bond acceptors (Lipinski definition) is 3. The zero-order chi connectivity index (χ0) is 13.5. The molecule has 0 aliphatic heterocycles. The minimum Gasteiger partial charge on any atom is -0.516 e. The van der Waals surface area contributed by atoms with Crippen LogP contribution in [0.2, 0.25) is 0 Å². The second-order valence-corrected chi connectivity index (χ2v) is 7.13. The molecule has 0 spiro atoms. The molecule has 0 heterocycles. The predicted octanol–water partition coefficient (Wildman–Crippen LogP) is 2.57. The number of aliphatic hydroxyl groups excluding tert-OH is 1. The van der Waals surface area contributed by atoms with Gasteiger partial charge in [0.25, 0.3) is 0 Å². The van der Waals surface area contributed by atoms with Crippen LogP contribution in [0, 0.1) is 10.8 Å². The van der Waals surface area contributed by atoms with Crippen molar-refractivity contribution >= 4 is 0 Å². The Hall–Kier alpha value is -0.540. The van der Waals surface area contributed by atoms with Gasteiger partial charge >= 0.3 is 0 Å². The normalized spacial score (nSPS) is 31.6. The standard InChI is InChI=1S/C14H27NO2/c1-12(2)8-14(17,10-15(5)6)9-13(3,4)11(12)7-16/h7,16-17H,8-10H2,1-6H3. The highest BCUT2D eigenvalue weighted by molar-refractivity contribution is 5.24. The highest BCUT2D eigenvalue weighted by Gasteiger charge is 2.50. The zero-order valence-electron chi connectivity index (χ0n) is 12.0. The van der Waals surface area contributed by atoms with Gasteiger partial charge in [0.05, 0.1) is 11.9 Å². The first-order chi connectivity index (χ1) is 7.52. The van der Waals surface area contributed by atoms with E-state index in [2.05, 4.69) is 27.7 Å². The Balaban J connectivity index is 3.07. The summed E-state index contributed by atoms with van der Waals surface area (Å²) in [5, 5.41) is 20.2. The van der Waals surface area contributed by atoms with Crippen LogP contribution < -0.4 is 0 Å². The van der Waals surface area contributed by atoms with Crippen LogP contribution in [0.15, 0.2) is 11.8 Å². The van der Waals surface area contributed by atoms with Crippen molar-refractivity contribution in [3.05, 3.63) is 11.8 Å². The van der Waals surface area contributed by atoms with Crippen LogP contribution in [0.5, 0.6) is 0 Å². The van der Waals surface area contributed by atoms with Crippen LogP contribution >= 0.6 is 0 Å². The number of likely N-dealkylation sites (N-methyl/N-ethyl adjacent to an activating group) is 1. The molecule has 100 valence electrons. The molecule has 1 aliphatic carbocycles. The number of allylic oxidation sites excluding steroid dienone is 1. The molecule has 0 aromatic heterocycles. The quantitative estimate of drug-likeness (QED) is 0.730. The van der Waals surface area contributed by atoms with Crippen molar-refractivity contribution in [1.29, 1.82) is 0 Å². The first kappa shape index (κ1) is 14.5. The fourth-order valence-electron chi connectivity index (χ4n) is 3.86. The van der Waals surface area contributed by atoms with E-state index in [1.807, 2.05) is 19.0 Å². The van der Waals surface area contributed by atoms with Gasteiger partial charge in [0, 0.05) is 6.54 Å². The topological polar surface area (TPSA) is 43.7 Å². The van der Waals surface area contributed by atoms with E-state index < -0.39 is 5.60 Å². The first-order valence-electron chi connectivity index (χ1n) is 6.25. The van der Waals surface area contributed by atoms with E-state index in [9.17, 15) is 10.2 Å². The Bertz CT molecular complexity index is 296. The van der Waals surface area contributed by atoms with Crippen LogP contribution in [0.4, 0.5) is 0 Å². The van der Waals surface area contributed by atoms with Gasteiger partial charge in [-0.15, -0.1) is 0 Å². The average molecular weight is 241 g/mol. The number of nitrogens with zero attached hydrogens (tertiary/aromatic N) is 1. The van der Waals surface area contributed by atoms with Crippen molar-refractivity contribution in [1.82, 2.24) is 4.90 Å². The molecule has 0 bridgehead atoms. The number of rotatable bonds is 2. The van der Waals surface area contributed by atoms with Gasteiger partial charge in [-0.3, -0.25) is 0 Å². The highest BCUT2D eigenvalue weighted by Crippen LogP contribution is 2.53. The van der Waals surface area contributed by atoms with E-state index in [0.717, 1.165) is 5.57 Å². The van der Waals surface area contributed by atoms with E-state index in [-0.39, 0.29) is 10.8 Å². The molecule has 2 N–H and O–H groups in total. The van der Waals surface area contributed by atoms with Crippen LogP contribution in [0.1, 0.15) is 40.5 Å². The molecule has 1 fully saturated rings. The molecule has 17 heavy (non-hydrogen) atoms. The van der Waals surface area contributed by atoms with Gasteiger partial charge in [0.15, 0.2) is 0 Å². The summed E-state index contributed by atoms with van der Waals surface area (Å²) < 4.78 is 0. The Labute approximate surface area is 105 Å². The van der Waals surface area contributed by atoms with Gasteiger partial charge in [-0.25, -0.2) is 0 Å². The van der Waals surface area contributed by atoms with Gasteiger partial charge in [0.2, 0.25) is 0 Å². The molecule has 0 radical (unpaired) electrons. The van der Waals surface area contributed by atoms with Gasteiger partial charge < -0.3 is 15.1 Å². The van der Waals surface area contributed by atoms with Crippen molar-refractivity contribution in [3.8, 4) is 0 Å². The van der Waals surface area contributed by atoms with Gasteiger partial charge in [-0.2, -0.15) is 0 Å². The molecule has 0 aromatic rings. The third-order valence-corrected chi connectivity index (χ3v) is 3.74. The number of hydrogen-bond donors (Lipinski definition) is 2. The van der Waals surface area contributed by atoms with Crippen LogP contribution in [-0.4, -0.2) is 41.4 Å². The summed E-state index contributed by atoms with van der Waals surface area (Å²) in [5.74, 6) is 0. The monoisotopic (exact) mass is 241 g/mol. The fraction of sp³-hybridized carbons (Fsp3) is 0.857. The van der Waals surface area contributed by atoms with Gasteiger partial charge in [0.1, 0.15) is 0 Å². The minimum atomic E-state index is -0.678. The van der Waals surface area contributed by atoms with Crippen LogP contribution in [0.3, 0.4) is 0 Å². The minimum absolute atomic E-state index is 0.165. The van der Waals surface area contributed by atoms with Gasteiger partial charge in [-0.05, 0) is 43.3 Å². The van der Waals surface area contributed by atoms with E-state index in [1.54, 1.807) is 0 Å². The average Bonchev–Trinajstić information content (AvgIpc) is 1.94. The third-order valence-electron chi connectivity index (χ3n) is 3.74. The van der Waals surface area contributed by atoms with Crippen molar-refractivity contribution in [2.75, 3.05) is 20.6 Å². The van der Waals surface area contributed by atoms with Crippen molar-refractivity contribution in [2.24, 2.45) is 10.8 Å². The predicted molar refractivity (Wildman–Crippen MR) is 71.0 cm³/mol. The second kappa shape index (κ2) is 4.29. The zero-order valence-corrected chi connectivity index (χ0v) is 12.0. The molecule has 0 unspecified atom stereocenters.